The molecule has 0 spiro atoms. The summed E-state index contributed by atoms with van der Waals surface area (Å²) in [4.78, 5) is 0. The second-order valence-corrected chi connectivity index (χ2v) is 4.56. The van der Waals surface area contributed by atoms with Gasteiger partial charge in [-0.25, -0.2) is 0 Å². The van der Waals surface area contributed by atoms with Crippen LogP contribution >= 0.6 is 11.6 Å². The van der Waals surface area contributed by atoms with Crippen LogP contribution in [0.15, 0.2) is 36.4 Å². The van der Waals surface area contributed by atoms with Crippen LogP contribution in [0.3, 0.4) is 0 Å². The zero-order chi connectivity index (χ0) is 14.2. The number of benzene rings is 2. The lowest BCUT2D eigenvalue weighted by atomic mass is 10.0. The third kappa shape index (κ3) is 3.66. The standard InChI is InChI=1S/C17H17ClO2/c1-19-12-5-13-20-17-10-9-14-6-2-3-7-15(14)16(17)8-4-11-18/h2-3,6-7,9-10H,5,11-13H2,1H3. The van der Waals surface area contributed by atoms with Crippen molar-refractivity contribution >= 4 is 22.4 Å². The Labute approximate surface area is 124 Å². The van der Waals surface area contributed by atoms with Gasteiger partial charge in [-0.2, -0.15) is 0 Å². The first-order chi connectivity index (χ1) is 9.86. The molecule has 20 heavy (non-hydrogen) atoms. The van der Waals surface area contributed by atoms with Gasteiger partial charge in [-0.3, -0.25) is 0 Å². The normalized spacial score (nSPS) is 10.1. The fraction of sp³-hybridized carbons (Fsp3) is 0.294. The zero-order valence-corrected chi connectivity index (χ0v) is 12.2. The summed E-state index contributed by atoms with van der Waals surface area (Å²) in [6, 6.07) is 12.1. The lowest BCUT2D eigenvalue weighted by Gasteiger charge is -2.10. The lowest BCUT2D eigenvalue weighted by Crippen LogP contribution is -2.02. The number of hydrogen-bond acceptors (Lipinski definition) is 2. The molecule has 104 valence electrons. The van der Waals surface area contributed by atoms with Gasteiger partial charge in [0.2, 0.25) is 0 Å². The van der Waals surface area contributed by atoms with Crippen LogP contribution in [-0.4, -0.2) is 26.2 Å². The summed E-state index contributed by atoms with van der Waals surface area (Å²) < 4.78 is 10.8. The lowest BCUT2D eigenvalue weighted by molar-refractivity contribution is 0.172. The minimum atomic E-state index is 0.312. The third-order valence-electron chi connectivity index (χ3n) is 2.92. The molecule has 0 unspecified atom stereocenters. The van der Waals surface area contributed by atoms with Crippen molar-refractivity contribution < 1.29 is 9.47 Å². The predicted octanol–water partition coefficient (Wildman–Crippen LogP) is 3.85. The van der Waals surface area contributed by atoms with Crippen molar-refractivity contribution in [3.63, 3.8) is 0 Å². The highest BCUT2D eigenvalue weighted by Gasteiger charge is 2.06. The Balaban J connectivity index is 2.32. The van der Waals surface area contributed by atoms with E-state index in [1.54, 1.807) is 7.11 Å². The molecule has 0 fully saturated rings. The molecule has 2 nitrogen and oxygen atoms in total. The average molecular weight is 289 g/mol. The van der Waals surface area contributed by atoms with Crippen molar-refractivity contribution in [1.29, 1.82) is 0 Å². The summed E-state index contributed by atoms with van der Waals surface area (Å²) in [5.41, 5.74) is 0.904. The van der Waals surface area contributed by atoms with E-state index in [2.05, 4.69) is 24.0 Å². The van der Waals surface area contributed by atoms with Crippen LogP contribution < -0.4 is 4.74 Å². The van der Waals surface area contributed by atoms with E-state index < -0.39 is 0 Å². The largest absolute Gasteiger partial charge is 0.492 e. The van der Waals surface area contributed by atoms with Crippen molar-refractivity contribution in [2.75, 3.05) is 26.2 Å². The highest BCUT2D eigenvalue weighted by Crippen LogP contribution is 2.27. The van der Waals surface area contributed by atoms with Crippen LogP contribution in [0.4, 0.5) is 0 Å². The molecule has 0 radical (unpaired) electrons. The molecule has 0 heterocycles. The van der Waals surface area contributed by atoms with E-state index in [1.165, 1.54) is 0 Å². The summed E-state index contributed by atoms with van der Waals surface area (Å²) in [5.74, 6) is 7.13. The van der Waals surface area contributed by atoms with E-state index in [9.17, 15) is 0 Å². The van der Waals surface area contributed by atoms with Crippen LogP contribution in [0.5, 0.6) is 5.75 Å². The molecule has 0 aliphatic carbocycles. The van der Waals surface area contributed by atoms with Crippen LogP contribution in [0, 0.1) is 11.8 Å². The fourth-order valence-electron chi connectivity index (χ4n) is 2.01. The Kier molecular flexibility index (Phi) is 5.73. The number of halogens is 1. The summed E-state index contributed by atoms with van der Waals surface area (Å²) in [6.07, 6.45) is 0.853. The quantitative estimate of drug-likeness (QED) is 0.473. The van der Waals surface area contributed by atoms with Crippen molar-refractivity contribution in [3.8, 4) is 17.6 Å². The van der Waals surface area contributed by atoms with Gasteiger partial charge in [0.15, 0.2) is 0 Å². The Hall–Kier alpha value is -1.69. The average Bonchev–Trinajstić information content (AvgIpc) is 2.50. The zero-order valence-electron chi connectivity index (χ0n) is 11.5. The van der Waals surface area contributed by atoms with Gasteiger partial charge in [0.05, 0.1) is 18.1 Å². The number of fused-ring (bicyclic) bond motifs is 1. The molecule has 2 aromatic rings. The molecule has 0 atom stereocenters. The molecule has 0 saturated carbocycles. The van der Waals surface area contributed by atoms with Gasteiger partial charge in [-0.15, -0.1) is 11.6 Å². The molecule has 0 N–H and O–H groups in total. The van der Waals surface area contributed by atoms with Crippen molar-refractivity contribution in [3.05, 3.63) is 42.0 Å². The van der Waals surface area contributed by atoms with Gasteiger partial charge in [0, 0.05) is 25.5 Å². The molecule has 0 saturated heterocycles. The van der Waals surface area contributed by atoms with Crippen molar-refractivity contribution in [2.45, 2.75) is 6.42 Å². The first-order valence-corrected chi connectivity index (χ1v) is 7.08. The topological polar surface area (TPSA) is 18.5 Å². The Morgan fingerprint density at radius 1 is 1.10 bits per heavy atom. The third-order valence-corrected chi connectivity index (χ3v) is 3.05. The molecule has 0 aromatic heterocycles. The second-order valence-electron chi connectivity index (χ2n) is 4.29. The smallest absolute Gasteiger partial charge is 0.135 e. The SMILES string of the molecule is COCCCOc1ccc2ccccc2c1C#CCCl. The number of hydrogen-bond donors (Lipinski definition) is 0. The maximum absolute atomic E-state index is 5.82. The van der Waals surface area contributed by atoms with Crippen LogP contribution in [0.2, 0.25) is 0 Å². The fourth-order valence-corrected chi connectivity index (χ4v) is 2.07. The van der Waals surface area contributed by atoms with Crippen LogP contribution in [0.1, 0.15) is 12.0 Å². The molecular weight excluding hydrogens is 272 g/mol. The number of methoxy groups -OCH3 is 1. The van der Waals surface area contributed by atoms with Crippen LogP contribution in [-0.2, 0) is 4.74 Å². The highest BCUT2D eigenvalue weighted by molar-refractivity contribution is 6.19. The predicted molar refractivity (Wildman–Crippen MR) is 83.5 cm³/mol. The minimum Gasteiger partial charge on any atom is -0.492 e. The van der Waals surface area contributed by atoms with Gasteiger partial charge in [0.25, 0.3) is 0 Å². The first kappa shape index (κ1) is 14.7. The van der Waals surface area contributed by atoms with Crippen molar-refractivity contribution in [1.82, 2.24) is 0 Å². The van der Waals surface area contributed by atoms with E-state index in [0.29, 0.717) is 19.1 Å². The highest BCUT2D eigenvalue weighted by atomic mass is 35.5. The number of rotatable bonds is 5. The number of alkyl halides is 1. The molecular formula is C17H17ClO2. The summed E-state index contributed by atoms with van der Waals surface area (Å²) in [6.45, 7) is 1.30. The van der Waals surface area contributed by atoms with E-state index in [-0.39, 0.29) is 0 Å². The van der Waals surface area contributed by atoms with Gasteiger partial charge in [-0.1, -0.05) is 42.2 Å². The van der Waals surface area contributed by atoms with Gasteiger partial charge in [0.1, 0.15) is 5.75 Å². The molecule has 2 rings (SSSR count). The van der Waals surface area contributed by atoms with E-state index >= 15 is 0 Å². The van der Waals surface area contributed by atoms with Crippen molar-refractivity contribution in [2.24, 2.45) is 0 Å². The summed E-state index contributed by atoms with van der Waals surface area (Å²) in [5, 5.41) is 2.24. The molecule has 0 amide bonds. The first-order valence-electron chi connectivity index (χ1n) is 6.55. The Morgan fingerprint density at radius 2 is 1.95 bits per heavy atom. The Morgan fingerprint density at radius 3 is 2.75 bits per heavy atom. The summed E-state index contributed by atoms with van der Waals surface area (Å²) >= 11 is 5.67. The Bertz CT molecular complexity index is 626. The van der Waals surface area contributed by atoms with Gasteiger partial charge < -0.3 is 9.47 Å². The molecule has 3 heteroatoms. The molecule has 0 aliphatic heterocycles. The van der Waals surface area contributed by atoms with E-state index in [4.69, 9.17) is 21.1 Å². The van der Waals surface area contributed by atoms with Gasteiger partial charge in [-0.05, 0) is 11.5 Å². The molecule has 0 aliphatic rings. The van der Waals surface area contributed by atoms with Crippen LogP contribution in [0.25, 0.3) is 10.8 Å². The second kappa shape index (κ2) is 7.79. The molecule has 2 aromatic carbocycles. The monoisotopic (exact) mass is 288 g/mol. The maximum atomic E-state index is 5.82. The minimum absolute atomic E-state index is 0.312. The van der Waals surface area contributed by atoms with E-state index in [1.807, 2.05) is 24.3 Å². The maximum Gasteiger partial charge on any atom is 0.135 e. The summed E-state index contributed by atoms with van der Waals surface area (Å²) in [7, 11) is 1.69. The van der Waals surface area contributed by atoms with Gasteiger partial charge >= 0.3 is 0 Å². The molecule has 0 bridgehead atoms. The van der Waals surface area contributed by atoms with E-state index in [0.717, 1.165) is 28.5 Å². The number of ether oxygens (including phenoxy) is 2.